The lowest BCUT2D eigenvalue weighted by molar-refractivity contribution is -0.137. The van der Waals surface area contributed by atoms with Crippen LogP contribution in [0.15, 0.2) is 44.0 Å². The topological polar surface area (TPSA) is 43.4 Å². The highest BCUT2D eigenvalue weighted by Gasteiger charge is 2.23. The Morgan fingerprint density at radius 3 is 2.47 bits per heavy atom. The van der Waals surface area contributed by atoms with E-state index in [0.717, 1.165) is 33.3 Å². The summed E-state index contributed by atoms with van der Waals surface area (Å²) in [4.78, 5) is 24.3. The number of benzene rings is 1. The molecule has 0 aliphatic rings. The zero-order chi connectivity index (χ0) is 21.5. The van der Waals surface area contributed by atoms with Gasteiger partial charge in [0.25, 0.3) is 0 Å². The Morgan fingerprint density at radius 2 is 1.73 bits per heavy atom. The predicted molar refractivity (Wildman–Crippen MR) is 129 cm³/mol. The Balaban J connectivity index is 1.33. The summed E-state index contributed by atoms with van der Waals surface area (Å²) in [5, 5.41) is 0.489. The van der Waals surface area contributed by atoms with Crippen molar-refractivity contribution < 1.29 is 18.7 Å². The van der Waals surface area contributed by atoms with E-state index in [4.69, 9.17) is 4.74 Å². The van der Waals surface area contributed by atoms with E-state index in [9.17, 15) is 14.0 Å². The molecule has 0 amide bonds. The molecule has 0 bridgehead atoms. The summed E-state index contributed by atoms with van der Waals surface area (Å²) in [6.45, 7) is 0.351. The molecular formula is C22H19Br2FO3S2. The van der Waals surface area contributed by atoms with Crippen LogP contribution in [0.2, 0.25) is 0 Å². The van der Waals surface area contributed by atoms with Gasteiger partial charge in [0.2, 0.25) is 0 Å². The molecule has 30 heavy (non-hydrogen) atoms. The van der Waals surface area contributed by atoms with Crippen molar-refractivity contribution in [2.45, 2.75) is 32.1 Å². The van der Waals surface area contributed by atoms with Gasteiger partial charge in [0.15, 0.2) is 11.6 Å². The van der Waals surface area contributed by atoms with Crippen molar-refractivity contribution in [3.05, 3.63) is 60.2 Å². The number of esters is 1. The van der Waals surface area contributed by atoms with E-state index in [2.05, 4.69) is 31.9 Å². The number of halogens is 3. The molecule has 0 aliphatic heterocycles. The van der Waals surface area contributed by atoms with Crippen LogP contribution in [0.4, 0.5) is 4.39 Å². The maximum Gasteiger partial charge on any atom is 0.330 e. The van der Waals surface area contributed by atoms with Crippen LogP contribution in [0.1, 0.15) is 47.3 Å². The van der Waals surface area contributed by atoms with Crippen LogP contribution >= 0.6 is 54.5 Å². The third-order valence-electron chi connectivity index (χ3n) is 4.41. The van der Waals surface area contributed by atoms with Crippen LogP contribution in [0, 0.1) is 5.82 Å². The summed E-state index contributed by atoms with van der Waals surface area (Å²) >= 11 is 9.38. The van der Waals surface area contributed by atoms with Crippen LogP contribution in [0.5, 0.6) is 0 Å². The van der Waals surface area contributed by atoms with E-state index in [-0.39, 0.29) is 16.6 Å². The molecule has 0 saturated heterocycles. The standard InChI is InChI=1S/C22H19Br2FO3S2/c23-21-17-18(25)19(29-20(17)22(24)30-21)15(26)10-6-1-2-7-13-28-16(27)12-11-14-8-4-3-5-9-14/h3-5,8-9,11-12H,1-2,6-7,10,13H2. The smallest absolute Gasteiger partial charge is 0.330 e. The van der Waals surface area contributed by atoms with Crippen molar-refractivity contribution in [3.8, 4) is 0 Å². The van der Waals surface area contributed by atoms with Gasteiger partial charge in [-0.2, -0.15) is 0 Å². The highest BCUT2D eigenvalue weighted by Crippen LogP contribution is 2.45. The summed E-state index contributed by atoms with van der Waals surface area (Å²) < 4.78 is 22.1. The molecule has 3 aromatic rings. The summed E-state index contributed by atoms with van der Waals surface area (Å²) in [6, 6.07) is 9.55. The van der Waals surface area contributed by atoms with E-state index in [1.54, 1.807) is 6.08 Å². The summed E-state index contributed by atoms with van der Waals surface area (Å²) in [7, 11) is 0. The van der Waals surface area contributed by atoms with Crippen LogP contribution in [0.3, 0.4) is 0 Å². The van der Waals surface area contributed by atoms with Crippen molar-refractivity contribution in [3.63, 3.8) is 0 Å². The monoisotopic (exact) mass is 572 g/mol. The lowest BCUT2D eigenvalue weighted by Crippen LogP contribution is -2.02. The molecule has 2 aromatic heterocycles. The molecule has 3 rings (SSSR count). The third-order valence-corrected chi connectivity index (χ3v) is 8.56. The van der Waals surface area contributed by atoms with Crippen LogP contribution < -0.4 is 0 Å². The maximum absolute atomic E-state index is 14.6. The van der Waals surface area contributed by atoms with Gasteiger partial charge in [0.1, 0.15) is 4.88 Å². The average Bonchev–Trinajstić information content (AvgIpc) is 3.23. The fraction of sp³-hybridized carbons (Fsp3) is 0.273. The number of Topliss-reactive ketones (excluding diaryl/α,β-unsaturated/α-hetero) is 1. The molecule has 0 unspecified atom stereocenters. The van der Waals surface area contributed by atoms with Gasteiger partial charge >= 0.3 is 5.97 Å². The van der Waals surface area contributed by atoms with E-state index < -0.39 is 5.82 Å². The first-order valence-corrected chi connectivity index (χ1v) is 12.7. The summed E-state index contributed by atoms with van der Waals surface area (Å²) in [5.41, 5.74) is 0.945. The second-order valence-electron chi connectivity index (χ2n) is 6.60. The first kappa shape index (κ1) is 23.3. The molecule has 8 heteroatoms. The van der Waals surface area contributed by atoms with Crippen LogP contribution in [-0.4, -0.2) is 18.4 Å². The fourth-order valence-corrected chi connectivity index (χ4v) is 7.40. The molecule has 0 spiro atoms. The first-order valence-electron chi connectivity index (χ1n) is 9.46. The average molecular weight is 574 g/mol. The van der Waals surface area contributed by atoms with Crippen molar-refractivity contribution >= 4 is 82.4 Å². The minimum atomic E-state index is -0.427. The Bertz CT molecular complexity index is 1060. The number of ketones is 1. The molecule has 0 saturated carbocycles. The van der Waals surface area contributed by atoms with E-state index in [1.807, 2.05) is 30.3 Å². The Kier molecular flexibility index (Phi) is 8.80. The lowest BCUT2D eigenvalue weighted by atomic mass is 10.1. The van der Waals surface area contributed by atoms with Gasteiger partial charge in [-0.1, -0.05) is 43.2 Å². The molecule has 158 valence electrons. The summed E-state index contributed by atoms with van der Waals surface area (Å²) in [6.07, 6.45) is 6.57. The van der Waals surface area contributed by atoms with Crippen molar-refractivity contribution in [2.75, 3.05) is 6.61 Å². The van der Waals surface area contributed by atoms with E-state index in [1.165, 1.54) is 28.7 Å². The highest BCUT2D eigenvalue weighted by molar-refractivity contribution is 9.12. The molecular weight excluding hydrogens is 555 g/mol. The van der Waals surface area contributed by atoms with Crippen molar-refractivity contribution in [1.82, 2.24) is 0 Å². The van der Waals surface area contributed by atoms with E-state index >= 15 is 0 Å². The number of ether oxygens (including phenoxy) is 1. The van der Waals surface area contributed by atoms with Gasteiger partial charge in [-0.05, 0) is 56.3 Å². The molecule has 0 N–H and O–H groups in total. The van der Waals surface area contributed by atoms with Gasteiger partial charge in [-0.25, -0.2) is 9.18 Å². The molecule has 2 heterocycles. The van der Waals surface area contributed by atoms with Crippen LogP contribution in [-0.2, 0) is 9.53 Å². The molecule has 0 radical (unpaired) electrons. The lowest BCUT2D eigenvalue weighted by Gasteiger charge is -2.03. The highest BCUT2D eigenvalue weighted by atomic mass is 79.9. The number of carbonyl (C=O) groups excluding carboxylic acids is 2. The van der Waals surface area contributed by atoms with Gasteiger partial charge in [0.05, 0.1) is 24.3 Å². The maximum atomic E-state index is 14.6. The number of rotatable bonds is 10. The van der Waals surface area contributed by atoms with Crippen molar-refractivity contribution in [2.24, 2.45) is 0 Å². The molecule has 0 fully saturated rings. The van der Waals surface area contributed by atoms with Gasteiger partial charge < -0.3 is 4.74 Å². The first-order chi connectivity index (χ1) is 14.5. The minimum absolute atomic E-state index is 0.157. The Labute approximate surface area is 199 Å². The Morgan fingerprint density at radius 1 is 1.00 bits per heavy atom. The molecule has 0 aliphatic carbocycles. The minimum Gasteiger partial charge on any atom is -0.463 e. The zero-order valence-corrected chi connectivity index (χ0v) is 20.8. The van der Waals surface area contributed by atoms with Crippen LogP contribution in [0.25, 0.3) is 16.2 Å². The molecule has 3 nitrogen and oxygen atoms in total. The zero-order valence-electron chi connectivity index (χ0n) is 16.0. The number of hydrogen-bond donors (Lipinski definition) is 0. The normalized spacial score (nSPS) is 11.4. The predicted octanol–water partition coefficient (Wildman–Crippen LogP) is 8.02. The summed E-state index contributed by atoms with van der Waals surface area (Å²) in [5.74, 6) is -0.946. The quantitative estimate of drug-likeness (QED) is 0.107. The second kappa shape index (κ2) is 11.3. The van der Waals surface area contributed by atoms with Gasteiger partial charge in [-0.15, -0.1) is 22.7 Å². The number of hydrogen-bond acceptors (Lipinski definition) is 5. The number of unbranched alkanes of at least 4 members (excludes halogenated alkanes) is 3. The molecule has 0 atom stereocenters. The van der Waals surface area contributed by atoms with Gasteiger partial charge in [0, 0.05) is 12.5 Å². The fourth-order valence-electron chi connectivity index (χ4n) is 2.88. The number of thiophene rings is 2. The Hall–Kier alpha value is -1.35. The number of carbonyl (C=O) groups is 2. The molecule has 1 aromatic carbocycles. The van der Waals surface area contributed by atoms with E-state index in [0.29, 0.717) is 28.6 Å². The second-order valence-corrected chi connectivity index (χ2v) is 11.3. The van der Waals surface area contributed by atoms with Crippen molar-refractivity contribution in [1.29, 1.82) is 0 Å². The SMILES string of the molecule is O=C(C=Cc1ccccc1)OCCCCCCC(=O)c1sc2c(Br)sc(Br)c2c1F. The third kappa shape index (κ3) is 6.09. The number of fused-ring (bicyclic) bond motifs is 1. The van der Waals surface area contributed by atoms with Gasteiger partial charge in [-0.3, -0.25) is 4.79 Å². The largest absolute Gasteiger partial charge is 0.463 e.